The van der Waals surface area contributed by atoms with Crippen molar-refractivity contribution in [3.05, 3.63) is 0 Å². The van der Waals surface area contributed by atoms with E-state index >= 15 is 0 Å². The average Bonchev–Trinajstić information content (AvgIpc) is 2.73. The highest BCUT2D eigenvalue weighted by Gasteiger charge is 2.43. The Morgan fingerprint density at radius 2 is 1.83 bits per heavy atom. The summed E-state index contributed by atoms with van der Waals surface area (Å²) in [5.74, 6) is 0. The van der Waals surface area contributed by atoms with Gasteiger partial charge in [0.25, 0.3) is 0 Å². The zero-order valence-electron chi connectivity index (χ0n) is 11.3. The van der Waals surface area contributed by atoms with Gasteiger partial charge in [0.2, 0.25) is 0 Å². The molecule has 1 unspecified atom stereocenters. The molecule has 0 aromatic heterocycles. The lowest BCUT2D eigenvalue weighted by molar-refractivity contribution is -0.142. The van der Waals surface area contributed by atoms with Gasteiger partial charge in [-0.3, -0.25) is 0 Å². The van der Waals surface area contributed by atoms with Crippen molar-refractivity contribution in [2.75, 3.05) is 13.2 Å². The molecule has 1 aliphatic carbocycles. The van der Waals surface area contributed by atoms with Crippen LogP contribution in [0.2, 0.25) is 0 Å². The number of halogens is 3. The van der Waals surface area contributed by atoms with Crippen molar-refractivity contribution in [2.24, 2.45) is 0 Å². The van der Waals surface area contributed by atoms with Crippen molar-refractivity contribution in [1.29, 1.82) is 0 Å². The summed E-state index contributed by atoms with van der Waals surface area (Å²) in [5.41, 5.74) is -0.379. The predicted octanol–water partition coefficient (Wildman–Crippen LogP) is 3.66. The fraction of sp³-hybridized carbons (Fsp3) is 1.00. The van der Waals surface area contributed by atoms with E-state index < -0.39 is 12.6 Å². The number of ether oxygens (including phenoxy) is 1. The minimum atomic E-state index is -4.08. The van der Waals surface area contributed by atoms with Crippen LogP contribution in [0.1, 0.15) is 52.4 Å². The molecule has 0 spiro atoms. The summed E-state index contributed by atoms with van der Waals surface area (Å²) in [6.45, 7) is 5.08. The number of likely N-dealkylation sites (N-methyl/N-ethyl adjacent to an activating group) is 1. The number of rotatable bonds is 7. The van der Waals surface area contributed by atoms with E-state index in [9.17, 15) is 13.2 Å². The molecule has 1 saturated carbocycles. The maximum absolute atomic E-state index is 12.4. The van der Waals surface area contributed by atoms with Crippen LogP contribution >= 0.6 is 0 Å². The Bertz CT molecular complexity index is 237. The van der Waals surface area contributed by atoms with Gasteiger partial charge in [-0.1, -0.05) is 19.8 Å². The Morgan fingerprint density at radius 3 is 2.28 bits per heavy atom. The molecule has 0 bridgehead atoms. The van der Waals surface area contributed by atoms with E-state index in [2.05, 4.69) is 5.32 Å². The summed E-state index contributed by atoms with van der Waals surface area (Å²) in [5, 5.41) is 3.20. The Balaban J connectivity index is 2.67. The summed E-state index contributed by atoms with van der Waals surface area (Å²) in [7, 11) is 0. The third-order valence-electron chi connectivity index (χ3n) is 3.68. The maximum atomic E-state index is 12.4. The van der Waals surface area contributed by atoms with Crippen molar-refractivity contribution in [2.45, 2.75) is 70.2 Å². The summed E-state index contributed by atoms with van der Waals surface area (Å²) < 4.78 is 43.0. The molecular weight excluding hydrogens is 243 g/mol. The van der Waals surface area contributed by atoms with E-state index in [-0.39, 0.29) is 18.1 Å². The Labute approximate surface area is 107 Å². The molecule has 18 heavy (non-hydrogen) atoms. The molecular formula is C13H24F3NO. The molecule has 0 radical (unpaired) electrons. The zero-order chi connectivity index (χ0) is 13.6. The highest BCUT2D eigenvalue weighted by Crippen LogP contribution is 2.38. The van der Waals surface area contributed by atoms with Gasteiger partial charge in [0.15, 0.2) is 0 Å². The van der Waals surface area contributed by atoms with E-state index in [0.29, 0.717) is 13.2 Å². The maximum Gasteiger partial charge on any atom is 0.389 e. The number of nitrogens with one attached hydrogen (secondary N) is 1. The lowest BCUT2D eigenvalue weighted by Crippen LogP contribution is -2.51. The van der Waals surface area contributed by atoms with E-state index in [4.69, 9.17) is 4.74 Å². The Hall–Kier alpha value is -0.290. The first-order valence-electron chi connectivity index (χ1n) is 6.87. The van der Waals surface area contributed by atoms with Gasteiger partial charge in [-0.15, -0.1) is 0 Å². The monoisotopic (exact) mass is 267 g/mol. The smallest absolute Gasteiger partial charge is 0.374 e. The molecule has 0 amide bonds. The first-order chi connectivity index (χ1) is 8.43. The SMILES string of the molecule is CCNC(CCC(F)(F)F)C1(OCC)CCCC1. The van der Waals surface area contributed by atoms with Gasteiger partial charge in [-0.2, -0.15) is 13.2 Å². The molecule has 1 aliphatic rings. The number of hydrogen-bond acceptors (Lipinski definition) is 2. The second-order valence-corrected chi connectivity index (χ2v) is 4.97. The van der Waals surface area contributed by atoms with E-state index in [0.717, 1.165) is 25.7 Å². The van der Waals surface area contributed by atoms with Gasteiger partial charge < -0.3 is 10.1 Å². The fourth-order valence-electron chi connectivity index (χ4n) is 2.96. The third-order valence-corrected chi connectivity index (χ3v) is 3.68. The van der Waals surface area contributed by atoms with Gasteiger partial charge in [-0.25, -0.2) is 0 Å². The van der Waals surface area contributed by atoms with Crippen LogP contribution < -0.4 is 5.32 Å². The minimum Gasteiger partial charge on any atom is -0.374 e. The van der Waals surface area contributed by atoms with Crippen LogP contribution in [-0.2, 0) is 4.74 Å². The normalized spacial score (nSPS) is 21.2. The second-order valence-electron chi connectivity index (χ2n) is 4.97. The van der Waals surface area contributed by atoms with Crippen LogP contribution in [0.4, 0.5) is 13.2 Å². The van der Waals surface area contributed by atoms with Crippen LogP contribution in [0.15, 0.2) is 0 Å². The predicted molar refractivity (Wildman–Crippen MR) is 65.6 cm³/mol. The molecule has 1 fully saturated rings. The lowest BCUT2D eigenvalue weighted by atomic mass is 9.88. The Kier molecular flexibility index (Phi) is 5.92. The average molecular weight is 267 g/mol. The van der Waals surface area contributed by atoms with Gasteiger partial charge in [0, 0.05) is 19.1 Å². The first kappa shape index (κ1) is 15.8. The van der Waals surface area contributed by atoms with Crippen LogP contribution in [-0.4, -0.2) is 31.0 Å². The molecule has 0 aromatic carbocycles. The highest BCUT2D eigenvalue weighted by molar-refractivity contribution is 4.97. The van der Waals surface area contributed by atoms with Crippen LogP contribution in [0.3, 0.4) is 0 Å². The zero-order valence-corrected chi connectivity index (χ0v) is 11.3. The largest absolute Gasteiger partial charge is 0.389 e. The number of hydrogen-bond donors (Lipinski definition) is 1. The van der Waals surface area contributed by atoms with Crippen LogP contribution in [0, 0.1) is 0 Å². The van der Waals surface area contributed by atoms with Gasteiger partial charge in [0.05, 0.1) is 5.60 Å². The Morgan fingerprint density at radius 1 is 1.22 bits per heavy atom. The quantitative estimate of drug-likeness (QED) is 0.760. The van der Waals surface area contributed by atoms with E-state index in [1.165, 1.54) is 0 Å². The summed E-state index contributed by atoms with van der Waals surface area (Å²) in [4.78, 5) is 0. The van der Waals surface area contributed by atoms with Gasteiger partial charge >= 0.3 is 6.18 Å². The topological polar surface area (TPSA) is 21.3 Å². The van der Waals surface area contributed by atoms with E-state index in [1.54, 1.807) is 0 Å². The van der Waals surface area contributed by atoms with Gasteiger partial charge in [0.1, 0.15) is 0 Å². The number of alkyl halides is 3. The standard InChI is InChI=1S/C13H24F3NO/c1-3-17-11(7-10-13(14,15)16)12(18-4-2)8-5-6-9-12/h11,17H,3-10H2,1-2H3. The molecule has 1 N–H and O–H groups in total. The van der Waals surface area contributed by atoms with Gasteiger partial charge in [-0.05, 0) is 32.7 Å². The van der Waals surface area contributed by atoms with E-state index in [1.807, 2.05) is 13.8 Å². The highest BCUT2D eigenvalue weighted by atomic mass is 19.4. The van der Waals surface area contributed by atoms with Crippen LogP contribution in [0.25, 0.3) is 0 Å². The molecule has 1 rings (SSSR count). The molecule has 0 aliphatic heterocycles. The van der Waals surface area contributed by atoms with Crippen LogP contribution in [0.5, 0.6) is 0 Å². The molecule has 5 heteroatoms. The summed E-state index contributed by atoms with van der Waals surface area (Å²) in [6.07, 6.45) is -0.870. The van der Waals surface area contributed by atoms with Crippen molar-refractivity contribution in [3.63, 3.8) is 0 Å². The second kappa shape index (κ2) is 6.75. The van der Waals surface area contributed by atoms with Crippen molar-refractivity contribution >= 4 is 0 Å². The molecule has 0 aromatic rings. The third kappa shape index (κ3) is 4.43. The summed E-state index contributed by atoms with van der Waals surface area (Å²) in [6, 6.07) is -0.188. The lowest BCUT2D eigenvalue weighted by Gasteiger charge is -2.38. The first-order valence-corrected chi connectivity index (χ1v) is 6.87. The molecule has 2 nitrogen and oxygen atoms in total. The van der Waals surface area contributed by atoms with Crippen molar-refractivity contribution < 1.29 is 17.9 Å². The molecule has 1 atom stereocenters. The van der Waals surface area contributed by atoms with Crippen molar-refractivity contribution in [1.82, 2.24) is 5.32 Å². The summed E-state index contributed by atoms with van der Waals surface area (Å²) >= 11 is 0. The minimum absolute atomic E-state index is 0.108. The van der Waals surface area contributed by atoms with Crippen molar-refractivity contribution in [3.8, 4) is 0 Å². The molecule has 0 saturated heterocycles. The molecule has 108 valence electrons. The molecule has 0 heterocycles. The fourth-order valence-corrected chi connectivity index (χ4v) is 2.96.